The molecule has 4 rings (SSSR count). The number of piperazine rings is 1. The van der Waals surface area contributed by atoms with E-state index in [0.29, 0.717) is 12.1 Å². The molecular formula is C16H25N7. The largest absolute Gasteiger partial charge is 0.353 e. The molecule has 0 aliphatic carbocycles. The van der Waals surface area contributed by atoms with Crippen molar-refractivity contribution in [2.45, 2.75) is 25.9 Å². The van der Waals surface area contributed by atoms with Crippen LogP contribution in [-0.2, 0) is 7.05 Å². The minimum Gasteiger partial charge on any atom is -0.353 e. The molecule has 0 bridgehead atoms. The van der Waals surface area contributed by atoms with Crippen molar-refractivity contribution >= 4 is 16.9 Å². The van der Waals surface area contributed by atoms with Crippen molar-refractivity contribution in [1.29, 1.82) is 0 Å². The van der Waals surface area contributed by atoms with Crippen molar-refractivity contribution in [3.63, 3.8) is 0 Å². The molecule has 2 aromatic rings. The second kappa shape index (κ2) is 5.72. The zero-order chi connectivity index (χ0) is 16.0. The zero-order valence-corrected chi connectivity index (χ0v) is 14.2. The fraction of sp³-hybridized carbons (Fsp3) is 0.688. The second-order valence-corrected chi connectivity index (χ2v) is 6.96. The molecule has 0 amide bonds. The summed E-state index contributed by atoms with van der Waals surface area (Å²) < 4.78 is 1.81. The topological polar surface area (TPSA) is 53.3 Å². The van der Waals surface area contributed by atoms with Crippen molar-refractivity contribution in [1.82, 2.24) is 29.5 Å². The standard InChI is InChI=1S/C16H25N7/c1-12(2)21-4-6-22(7-5-21)13-8-23(9-13)16-14-10-20(3)19-15(14)17-11-18-16/h10-13H,4-9H2,1-3H3. The number of fused-ring (bicyclic) bond motifs is 1. The minimum atomic E-state index is 0.658. The van der Waals surface area contributed by atoms with E-state index in [9.17, 15) is 0 Å². The van der Waals surface area contributed by atoms with Gasteiger partial charge in [0, 0.05) is 64.6 Å². The Morgan fingerprint density at radius 1 is 1.09 bits per heavy atom. The van der Waals surface area contributed by atoms with Crippen LogP contribution in [0, 0.1) is 0 Å². The molecule has 23 heavy (non-hydrogen) atoms. The Kier molecular flexibility index (Phi) is 3.69. The van der Waals surface area contributed by atoms with Crippen LogP contribution < -0.4 is 4.90 Å². The van der Waals surface area contributed by atoms with E-state index in [4.69, 9.17) is 0 Å². The van der Waals surface area contributed by atoms with E-state index in [1.165, 1.54) is 26.2 Å². The molecule has 0 saturated carbocycles. The highest BCUT2D eigenvalue weighted by Gasteiger charge is 2.35. The lowest BCUT2D eigenvalue weighted by atomic mass is 10.1. The molecule has 0 spiro atoms. The van der Waals surface area contributed by atoms with Crippen molar-refractivity contribution in [3.05, 3.63) is 12.5 Å². The van der Waals surface area contributed by atoms with Crippen LogP contribution in [0.25, 0.3) is 11.0 Å². The van der Waals surface area contributed by atoms with E-state index in [-0.39, 0.29) is 0 Å². The summed E-state index contributed by atoms with van der Waals surface area (Å²) in [6.45, 7) is 11.4. The number of anilines is 1. The van der Waals surface area contributed by atoms with Crippen LogP contribution in [0.4, 0.5) is 5.82 Å². The molecule has 124 valence electrons. The van der Waals surface area contributed by atoms with Crippen molar-refractivity contribution in [2.24, 2.45) is 7.05 Å². The van der Waals surface area contributed by atoms with Crippen LogP contribution in [-0.4, -0.2) is 80.9 Å². The number of nitrogens with zero attached hydrogens (tertiary/aromatic N) is 7. The Labute approximate surface area is 136 Å². The molecule has 0 radical (unpaired) electrons. The molecule has 2 aromatic heterocycles. The van der Waals surface area contributed by atoms with Gasteiger partial charge in [0.15, 0.2) is 5.65 Å². The number of hydrogen-bond donors (Lipinski definition) is 0. The third-order valence-electron chi connectivity index (χ3n) is 5.17. The summed E-state index contributed by atoms with van der Waals surface area (Å²) in [5.74, 6) is 1.03. The summed E-state index contributed by atoms with van der Waals surface area (Å²) in [4.78, 5) is 16.3. The highest BCUT2D eigenvalue weighted by molar-refractivity contribution is 5.86. The van der Waals surface area contributed by atoms with Crippen molar-refractivity contribution in [3.8, 4) is 0 Å². The van der Waals surface area contributed by atoms with Crippen LogP contribution >= 0.6 is 0 Å². The summed E-state index contributed by atoms with van der Waals surface area (Å²) >= 11 is 0. The van der Waals surface area contributed by atoms with E-state index in [1.54, 1.807) is 6.33 Å². The van der Waals surface area contributed by atoms with Gasteiger partial charge in [0.1, 0.15) is 12.1 Å². The first kappa shape index (κ1) is 14.8. The van der Waals surface area contributed by atoms with Gasteiger partial charge in [-0.15, -0.1) is 0 Å². The molecule has 0 atom stereocenters. The predicted octanol–water partition coefficient (Wildman–Crippen LogP) is 0.578. The number of hydrogen-bond acceptors (Lipinski definition) is 6. The Morgan fingerprint density at radius 3 is 2.52 bits per heavy atom. The van der Waals surface area contributed by atoms with Crippen LogP contribution in [0.3, 0.4) is 0 Å². The van der Waals surface area contributed by atoms with Crippen molar-refractivity contribution in [2.75, 3.05) is 44.2 Å². The summed E-state index contributed by atoms with van der Waals surface area (Å²) in [6, 6.07) is 1.32. The molecule has 0 unspecified atom stereocenters. The van der Waals surface area contributed by atoms with Crippen LogP contribution in [0.15, 0.2) is 12.5 Å². The highest BCUT2D eigenvalue weighted by Crippen LogP contribution is 2.28. The average molecular weight is 315 g/mol. The van der Waals surface area contributed by atoms with Gasteiger partial charge in [-0.3, -0.25) is 14.5 Å². The van der Waals surface area contributed by atoms with Gasteiger partial charge in [-0.05, 0) is 13.8 Å². The number of aryl methyl sites for hydroxylation is 1. The van der Waals surface area contributed by atoms with Gasteiger partial charge in [0.05, 0.1) is 5.39 Å². The molecule has 2 saturated heterocycles. The maximum Gasteiger partial charge on any atom is 0.186 e. The monoisotopic (exact) mass is 315 g/mol. The summed E-state index contributed by atoms with van der Waals surface area (Å²) in [5.41, 5.74) is 0.784. The number of rotatable bonds is 3. The minimum absolute atomic E-state index is 0.658. The molecule has 7 heteroatoms. The fourth-order valence-corrected chi connectivity index (χ4v) is 3.67. The van der Waals surface area contributed by atoms with E-state index in [0.717, 1.165) is 29.9 Å². The molecule has 2 aliphatic rings. The normalized spacial score (nSPS) is 21.3. The highest BCUT2D eigenvalue weighted by atomic mass is 15.4. The van der Waals surface area contributed by atoms with Gasteiger partial charge in [0.2, 0.25) is 0 Å². The summed E-state index contributed by atoms with van der Waals surface area (Å²) in [7, 11) is 1.93. The fourth-order valence-electron chi connectivity index (χ4n) is 3.67. The van der Waals surface area contributed by atoms with E-state index >= 15 is 0 Å². The smallest absolute Gasteiger partial charge is 0.186 e. The molecular weight excluding hydrogens is 290 g/mol. The molecule has 2 aliphatic heterocycles. The lowest BCUT2D eigenvalue weighted by Crippen LogP contribution is -2.63. The molecule has 0 aromatic carbocycles. The molecule has 7 nitrogen and oxygen atoms in total. The molecule has 0 N–H and O–H groups in total. The van der Waals surface area contributed by atoms with Crippen molar-refractivity contribution < 1.29 is 0 Å². The Balaban J connectivity index is 1.40. The van der Waals surface area contributed by atoms with Gasteiger partial charge < -0.3 is 4.90 Å². The van der Waals surface area contributed by atoms with Gasteiger partial charge >= 0.3 is 0 Å². The SMILES string of the molecule is CC(C)N1CCN(C2CN(c3ncnc4nn(C)cc34)C2)CC1. The Hall–Kier alpha value is -1.73. The lowest BCUT2D eigenvalue weighted by molar-refractivity contribution is 0.0677. The maximum atomic E-state index is 4.49. The first-order valence-electron chi connectivity index (χ1n) is 8.49. The van der Waals surface area contributed by atoms with E-state index in [2.05, 4.69) is 43.6 Å². The van der Waals surface area contributed by atoms with Gasteiger partial charge in [-0.2, -0.15) is 5.10 Å². The first-order chi connectivity index (χ1) is 11.1. The van der Waals surface area contributed by atoms with E-state index < -0.39 is 0 Å². The van der Waals surface area contributed by atoms with Gasteiger partial charge in [-0.1, -0.05) is 0 Å². The lowest BCUT2D eigenvalue weighted by Gasteiger charge is -2.49. The molecule has 2 fully saturated rings. The summed E-state index contributed by atoms with van der Waals surface area (Å²) in [5, 5.41) is 5.42. The third kappa shape index (κ3) is 2.68. The number of aromatic nitrogens is 4. The Morgan fingerprint density at radius 2 is 1.83 bits per heavy atom. The average Bonchev–Trinajstić information content (AvgIpc) is 2.87. The quantitative estimate of drug-likeness (QED) is 0.826. The maximum absolute atomic E-state index is 4.49. The van der Waals surface area contributed by atoms with Gasteiger partial charge in [0.25, 0.3) is 0 Å². The second-order valence-electron chi connectivity index (χ2n) is 6.96. The van der Waals surface area contributed by atoms with Crippen LogP contribution in [0.5, 0.6) is 0 Å². The summed E-state index contributed by atoms with van der Waals surface area (Å²) in [6.07, 6.45) is 3.64. The van der Waals surface area contributed by atoms with E-state index in [1.807, 2.05) is 17.9 Å². The van der Waals surface area contributed by atoms with Crippen LogP contribution in [0.2, 0.25) is 0 Å². The van der Waals surface area contributed by atoms with Crippen LogP contribution in [0.1, 0.15) is 13.8 Å². The van der Waals surface area contributed by atoms with Gasteiger partial charge in [-0.25, -0.2) is 9.97 Å². The third-order valence-corrected chi connectivity index (χ3v) is 5.17. The first-order valence-corrected chi connectivity index (χ1v) is 8.49. The molecule has 4 heterocycles. The zero-order valence-electron chi connectivity index (χ0n) is 14.2. The Bertz CT molecular complexity index is 681. The predicted molar refractivity (Wildman–Crippen MR) is 90.6 cm³/mol.